The molecule has 0 radical (unpaired) electrons. The highest BCUT2D eigenvalue weighted by atomic mass is 35.5. The molecule has 0 aromatic heterocycles. The van der Waals surface area contributed by atoms with Crippen LogP contribution in [0.15, 0.2) is 12.1 Å². The van der Waals surface area contributed by atoms with E-state index in [4.69, 9.17) is 32.7 Å². The van der Waals surface area contributed by atoms with Crippen molar-refractivity contribution >= 4 is 34.8 Å². The first kappa shape index (κ1) is 13.5. The van der Waals surface area contributed by atoms with Crippen LogP contribution in [0.2, 0.25) is 10.0 Å². The molecule has 1 heterocycles. The zero-order valence-electron chi connectivity index (χ0n) is 9.83. The van der Waals surface area contributed by atoms with E-state index < -0.39 is 6.10 Å². The van der Waals surface area contributed by atoms with E-state index in [9.17, 15) is 4.79 Å². The molecule has 1 aromatic rings. The Bertz CT molecular complexity index is 459. The largest absolute Gasteiger partial charge is 0.493 e. The van der Waals surface area contributed by atoms with E-state index in [1.165, 1.54) is 7.11 Å². The molecule has 0 aliphatic carbocycles. The van der Waals surface area contributed by atoms with Gasteiger partial charge in [0.25, 0.3) is 5.91 Å². The van der Waals surface area contributed by atoms with Crippen molar-refractivity contribution in [1.82, 2.24) is 0 Å². The SMILES string of the molecule is COc1c(Cl)cc(Cl)cc1NC(=O)C1CCCO1. The summed E-state index contributed by atoms with van der Waals surface area (Å²) in [6, 6.07) is 3.16. The molecule has 6 heteroatoms. The maximum Gasteiger partial charge on any atom is 0.253 e. The van der Waals surface area contributed by atoms with Crippen molar-refractivity contribution in [1.29, 1.82) is 0 Å². The molecule has 1 aliphatic heterocycles. The maximum atomic E-state index is 11.9. The molecule has 0 saturated carbocycles. The quantitative estimate of drug-likeness (QED) is 0.930. The lowest BCUT2D eigenvalue weighted by atomic mass is 10.2. The number of nitrogens with one attached hydrogen (secondary N) is 1. The first-order valence-corrected chi connectivity index (χ1v) is 6.33. The lowest BCUT2D eigenvalue weighted by molar-refractivity contribution is -0.124. The number of hydrogen-bond acceptors (Lipinski definition) is 3. The molecule has 2 rings (SSSR count). The molecule has 18 heavy (non-hydrogen) atoms. The molecule has 1 aromatic carbocycles. The Morgan fingerprint density at radius 3 is 2.89 bits per heavy atom. The third-order valence-electron chi connectivity index (χ3n) is 2.69. The highest BCUT2D eigenvalue weighted by Gasteiger charge is 2.24. The molecule has 1 unspecified atom stereocenters. The van der Waals surface area contributed by atoms with Crippen LogP contribution in [0.25, 0.3) is 0 Å². The van der Waals surface area contributed by atoms with Crippen LogP contribution in [0.3, 0.4) is 0 Å². The van der Waals surface area contributed by atoms with Gasteiger partial charge in [-0.25, -0.2) is 0 Å². The Kier molecular flexibility index (Phi) is 4.32. The number of amides is 1. The fourth-order valence-corrected chi connectivity index (χ4v) is 2.43. The molecule has 98 valence electrons. The van der Waals surface area contributed by atoms with Crippen LogP contribution in [0.4, 0.5) is 5.69 Å². The summed E-state index contributed by atoms with van der Waals surface area (Å²) >= 11 is 11.9. The molecule has 1 fully saturated rings. The number of carbonyl (C=O) groups excluding carboxylic acids is 1. The molecule has 1 amide bonds. The third kappa shape index (κ3) is 2.88. The van der Waals surface area contributed by atoms with Gasteiger partial charge in [-0.15, -0.1) is 0 Å². The highest BCUT2D eigenvalue weighted by molar-refractivity contribution is 6.36. The molecule has 1 N–H and O–H groups in total. The summed E-state index contributed by atoms with van der Waals surface area (Å²) in [7, 11) is 1.48. The zero-order chi connectivity index (χ0) is 13.1. The number of halogens is 2. The summed E-state index contributed by atoms with van der Waals surface area (Å²) in [5.41, 5.74) is 0.454. The van der Waals surface area contributed by atoms with Crippen LogP contribution in [-0.4, -0.2) is 25.7 Å². The number of carbonyl (C=O) groups is 1. The smallest absolute Gasteiger partial charge is 0.253 e. The topological polar surface area (TPSA) is 47.6 Å². The number of hydrogen-bond donors (Lipinski definition) is 1. The van der Waals surface area contributed by atoms with Crippen molar-refractivity contribution in [3.8, 4) is 5.75 Å². The predicted octanol–water partition coefficient (Wildman–Crippen LogP) is 3.12. The van der Waals surface area contributed by atoms with Crippen molar-refractivity contribution in [2.75, 3.05) is 19.0 Å². The van der Waals surface area contributed by atoms with Crippen molar-refractivity contribution < 1.29 is 14.3 Å². The van der Waals surface area contributed by atoms with Gasteiger partial charge in [-0.2, -0.15) is 0 Å². The fourth-order valence-electron chi connectivity index (χ4n) is 1.86. The van der Waals surface area contributed by atoms with Gasteiger partial charge in [0.05, 0.1) is 17.8 Å². The number of ether oxygens (including phenoxy) is 2. The summed E-state index contributed by atoms with van der Waals surface area (Å²) < 4.78 is 10.5. The van der Waals surface area contributed by atoms with Gasteiger partial charge in [-0.3, -0.25) is 4.79 Å². The van der Waals surface area contributed by atoms with Crippen LogP contribution in [0, 0.1) is 0 Å². The summed E-state index contributed by atoms with van der Waals surface area (Å²) in [5, 5.41) is 3.52. The lowest BCUT2D eigenvalue weighted by Gasteiger charge is -2.14. The van der Waals surface area contributed by atoms with Gasteiger partial charge in [-0.05, 0) is 25.0 Å². The Labute approximate surface area is 115 Å². The minimum atomic E-state index is -0.410. The number of rotatable bonds is 3. The second kappa shape index (κ2) is 5.78. The van der Waals surface area contributed by atoms with Crippen molar-refractivity contribution in [3.63, 3.8) is 0 Å². The zero-order valence-corrected chi connectivity index (χ0v) is 11.3. The van der Waals surface area contributed by atoms with E-state index in [0.717, 1.165) is 12.8 Å². The van der Waals surface area contributed by atoms with Crippen LogP contribution >= 0.6 is 23.2 Å². The molecular weight excluding hydrogens is 277 g/mol. The Morgan fingerprint density at radius 2 is 2.28 bits per heavy atom. The molecule has 1 aliphatic rings. The minimum Gasteiger partial charge on any atom is -0.493 e. The molecular formula is C12H13Cl2NO3. The molecule has 0 bridgehead atoms. The minimum absolute atomic E-state index is 0.205. The monoisotopic (exact) mass is 289 g/mol. The summed E-state index contributed by atoms with van der Waals surface area (Å²) in [6.45, 7) is 0.617. The third-order valence-corrected chi connectivity index (χ3v) is 3.19. The molecule has 1 atom stereocenters. The normalized spacial score (nSPS) is 18.7. The lowest BCUT2D eigenvalue weighted by Crippen LogP contribution is -2.27. The Hall–Kier alpha value is -0.970. The van der Waals surface area contributed by atoms with Gasteiger partial charge in [-0.1, -0.05) is 23.2 Å². The van der Waals surface area contributed by atoms with E-state index >= 15 is 0 Å². The van der Waals surface area contributed by atoms with E-state index in [1.807, 2.05) is 0 Å². The molecule has 0 spiro atoms. The van der Waals surface area contributed by atoms with Gasteiger partial charge in [0.15, 0.2) is 5.75 Å². The first-order valence-electron chi connectivity index (χ1n) is 5.57. The van der Waals surface area contributed by atoms with E-state index in [0.29, 0.717) is 28.1 Å². The van der Waals surface area contributed by atoms with Gasteiger partial charge in [0, 0.05) is 11.6 Å². The highest BCUT2D eigenvalue weighted by Crippen LogP contribution is 2.36. The van der Waals surface area contributed by atoms with Crippen molar-refractivity contribution in [3.05, 3.63) is 22.2 Å². The van der Waals surface area contributed by atoms with Gasteiger partial charge in [0.2, 0.25) is 0 Å². The average Bonchev–Trinajstić information content (AvgIpc) is 2.81. The van der Waals surface area contributed by atoms with E-state index in [2.05, 4.69) is 5.32 Å². The summed E-state index contributed by atoms with van der Waals surface area (Å²) in [5.74, 6) is 0.191. The summed E-state index contributed by atoms with van der Waals surface area (Å²) in [6.07, 6.45) is 1.21. The predicted molar refractivity (Wildman–Crippen MR) is 70.6 cm³/mol. The van der Waals surface area contributed by atoms with Crippen molar-refractivity contribution in [2.45, 2.75) is 18.9 Å². The van der Waals surface area contributed by atoms with Gasteiger partial charge >= 0.3 is 0 Å². The van der Waals surface area contributed by atoms with Gasteiger partial charge < -0.3 is 14.8 Å². The van der Waals surface area contributed by atoms with Crippen LogP contribution in [-0.2, 0) is 9.53 Å². The van der Waals surface area contributed by atoms with E-state index in [1.54, 1.807) is 12.1 Å². The average molecular weight is 290 g/mol. The number of benzene rings is 1. The Morgan fingerprint density at radius 1 is 1.50 bits per heavy atom. The molecule has 1 saturated heterocycles. The number of anilines is 1. The first-order chi connectivity index (χ1) is 8.61. The summed E-state index contributed by atoms with van der Waals surface area (Å²) in [4.78, 5) is 11.9. The van der Waals surface area contributed by atoms with E-state index in [-0.39, 0.29) is 5.91 Å². The van der Waals surface area contributed by atoms with Crippen LogP contribution in [0.1, 0.15) is 12.8 Å². The second-order valence-corrected chi connectivity index (χ2v) is 4.80. The number of methoxy groups -OCH3 is 1. The van der Waals surface area contributed by atoms with Crippen molar-refractivity contribution in [2.24, 2.45) is 0 Å². The fraction of sp³-hybridized carbons (Fsp3) is 0.417. The van der Waals surface area contributed by atoms with Crippen LogP contribution in [0.5, 0.6) is 5.75 Å². The van der Waals surface area contributed by atoms with Gasteiger partial charge in [0.1, 0.15) is 6.10 Å². The molecule has 4 nitrogen and oxygen atoms in total. The maximum absolute atomic E-state index is 11.9. The van der Waals surface area contributed by atoms with Crippen LogP contribution < -0.4 is 10.1 Å². The standard InChI is InChI=1S/C12H13Cl2NO3/c1-17-11-8(14)5-7(13)6-9(11)15-12(16)10-3-2-4-18-10/h5-6,10H,2-4H2,1H3,(H,15,16). The second-order valence-electron chi connectivity index (χ2n) is 3.96. The Balaban J connectivity index is 2.19.